The van der Waals surface area contributed by atoms with Gasteiger partial charge in [-0.1, -0.05) is 35.9 Å². The number of rotatable bonds is 11. The van der Waals surface area contributed by atoms with E-state index in [0.717, 1.165) is 50.9 Å². The molecule has 0 unspecified atom stereocenters. The highest BCUT2D eigenvalue weighted by Gasteiger charge is 2.20. The Bertz CT molecular complexity index is 2310. The first-order valence-electron chi connectivity index (χ1n) is 15.5. The number of nitro groups is 1. The van der Waals surface area contributed by atoms with Crippen LogP contribution in [0.25, 0.3) is 33.4 Å². The Morgan fingerprint density at radius 2 is 1.64 bits per heavy atom. The molecule has 1 N–H and O–H groups in total. The Hall–Kier alpha value is -6.69. The van der Waals surface area contributed by atoms with Crippen molar-refractivity contribution in [3.05, 3.63) is 145 Å². The molecule has 1 aliphatic heterocycles. The van der Waals surface area contributed by atoms with Crippen LogP contribution in [0.1, 0.15) is 27.0 Å². The number of esters is 1. The van der Waals surface area contributed by atoms with Gasteiger partial charge in [-0.15, -0.1) is 4.91 Å². The van der Waals surface area contributed by atoms with Gasteiger partial charge in [-0.25, -0.2) is 0 Å². The third kappa shape index (κ3) is 7.39. The molecule has 0 bridgehead atoms. The molecule has 12 nitrogen and oxygen atoms in total. The fraction of sp³-hybridized carbons (Fsp3) is 0.132. The van der Waals surface area contributed by atoms with Gasteiger partial charge in [-0.2, -0.15) is 0 Å². The number of nitro benzene ring substituents is 1. The summed E-state index contributed by atoms with van der Waals surface area (Å²) in [6.07, 6.45) is 0.107. The lowest BCUT2D eigenvalue weighted by molar-refractivity contribution is -0.384. The third-order valence-corrected chi connectivity index (χ3v) is 7.97. The lowest BCUT2D eigenvalue weighted by Crippen LogP contribution is -2.28. The molecule has 4 aromatic rings. The fourth-order valence-electron chi connectivity index (χ4n) is 5.57. The zero-order valence-electron chi connectivity index (χ0n) is 26.9. The van der Waals surface area contributed by atoms with Crippen LogP contribution < -0.4 is 20.2 Å². The zero-order valence-corrected chi connectivity index (χ0v) is 26.9. The van der Waals surface area contributed by atoms with Crippen molar-refractivity contribution in [3.63, 3.8) is 0 Å². The van der Waals surface area contributed by atoms with E-state index in [1.165, 1.54) is 18.2 Å². The van der Waals surface area contributed by atoms with E-state index in [-0.39, 0.29) is 36.3 Å². The van der Waals surface area contributed by atoms with Crippen molar-refractivity contribution in [2.75, 3.05) is 13.2 Å². The molecule has 0 saturated carbocycles. The normalized spacial score (nSPS) is 10.9. The van der Waals surface area contributed by atoms with Crippen LogP contribution in [0.2, 0.25) is 0 Å². The number of nitroso groups, excluding NO2 is 1. The van der Waals surface area contributed by atoms with Crippen molar-refractivity contribution in [1.82, 2.24) is 5.32 Å². The molecule has 0 atom stereocenters. The summed E-state index contributed by atoms with van der Waals surface area (Å²) in [5.41, 5.74) is 4.66. The van der Waals surface area contributed by atoms with E-state index in [9.17, 15) is 29.4 Å². The Morgan fingerprint density at radius 3 is 2.38 bits per heavy atom. The first kappa shape index (κ1) is 33.2. The Morgan fingerprint density at radius 1 is 0.880 bits per heavy atom. The van der Waals surface area contributed by atoms with Gasteiger partial charge in [0.25, 0.3) is 11.6 Å². The molecule has 4 aromatic carbocycles. The number of nitrogens with one attached hydrogen (secondary N) is 1. The number of carbonyl (C=O) groups is 2. The Balaban J connectivity index is 1.20. The molecule has 0 saturated heterocycles. The lowest BCUT2D eigenvalue weighted by Gasteiger charge is -2.18. The highest BCUT2D eigenvalue weighted by molar-refractivity contribution is 6.03. The van der Waals surface area contributed by atoms with Crippen LogP contribution in [-0.2, 0) is 11.2 Å². The van der Waals surface area contributed by atoms with E-state index in [1.54, 1.807) is 24.3 Å². The molecule has 12 heteroatoms. The van der Waals surface area contributed by atoms with E-state index < -0.39 is 22.5 Å². The predicted octanol–water partition coefficient (Wildman–Crippen LogP) is 7.44. The number of aryl methyl sites for hydroxylation is 2. The molecule has 1 aliphatic carbocycles. The molecule has 2 aliphatic rings. The molecule has 0 radical (unpaired) electrons. The molecule has 1 amide bonds. The number of nitrogens with zero attached hydrogens (tertiary/aromatic N) is 2. The topological polar surface area (TPSA) is 167 Å². The summed E-state index contributed by atoms with van der Waals surface area (Å²) >= 11 is 0. The molecule has 0 fully saturated rings. The summed E-state index contributed by atoms with van der Waals surface area (Å²) in [5, 5.41) is 17.2. The van der Waals surface area contributed by atoms with Crippen LogP contribution in [0.3, 0.4) is 0 Å². The number of hydrogen-bond donors (Lipinski definition) is 1. The second-order valence-corrected chi connectivity index (χ2v) is 11.6. The van der Waals surface area contributed by atoms with Crippen molar-refractivity contribution in [2.24, 2.45) is 5.18 Å². The molecule has 250 valence electrons. The monoisotopic (exact) mass is 671 g/mol. The second-order valence-electron chi connectivity index (χ2n) is 11.6. The molecule has 0 aromatic heterocycles. The number of benzene rings is 5. The number of ether oxygens (including phenoxy) is 2. The first-order chi connectivity index (χ1) is 24.1. The van der Waals surface area contributed by atoms with E-state index in [0.29, 0.717) is 22.8 Å². The summed E-state index contributed by atoms with van der Waals surface area (Å²) in [4.78, 5) is 58.9. The smallest absolute Gasteiger partial charge is 0.315 e. The van der Waals surface area contributed by atoms with Crippen molar-refractivity contribution < 1.29 is 28.4 Å². The van der Waals surface area contributed by atoms with Gasteiger partial charge in [0, 0.05) is 46.3 Å². The van der Waals surface area contributed by atoms with Gasteiger partial charge in [-0.3, -0.25) is 24.5 Å². The Kier molecular flexibility index (Phi) is 9.43. The van der Waals surface area contributed by atoms with Gasteiger partial charge in [0.1, 0.15) is 35.1 Å². The molecule has 50 heavy (non-hydrogen) atoms. The minimum atomic E-state index is -0.708. The molecule has 0 spiro atoms. The number of hydrogen-bond acceptors (Lipinski definition) is 10. The number of carbonyl (C=O) groups excluding carboxylic acids is 2. The van der Waals surface area contributed by atoms with E-state index in [2.05, 4.69) is 10.5 Å². The minimum Gasteiger partial charge on any atom is -0.492 e. The van der Waals surface area contributed by atoms with Gasteiger partial charge in [0.05, 0.1) is 17.9 Å². The van der Waals surface area contributed by atoms with Gasteiger partial charge in [0.15, 0.2) is 5.43 Å². The second kappa shape index (κ2) is 14.2. The van der Waals surface area contributed by atoms with Crippen LogP contribution in [0.15, 0.2) is 111 Å². The van der Waals surface area contributed by atoms with Crippen LogP contribution >= 0.6 is 0 Å². The van der Waals surface area contributed by atoms with Crippen molar-refractivity contribution in [1.29, 1.82) is 0 Å². The maximum Gasteiger partial charge on any atom is 0.315 e. The number of non-ortho nitro benzene ring substituents is 1. The van der Waals surface area contributed by atoms with Crippen molar-refractivity contribution in [3.8, 4) is 33.9 Å². The summed E-state index contributed by atoms with van der Waals surface area (Å²) < 4.78 is 17.7. The van der Waals surface area contributed by atoms with Crippen LogP contribution in [-0.4, -0.2) is 30.0 Å². The summed E-state index contributed by atoms with van der Waals surface area (Å²) in [6.45, 7) is 4.06. The van der Waals surface area contributed by atoms with Crippen LogP contribution in [0.5, 0.6) is 11.5 Å². The van der Waals surface area contributed by atoms with Crippen LogP contribution in [0, 0.1) is 28.9 Å². The fourth-order valence-corrected chi connectivity index (χ4v) is 5.57. The zero-order chi connectivity index (χ0) is 35.4. The standard InChI is InChI=1S/C38H29N3O9/c1-22-3-5-24(6-4-22)16-36(43)49-30-9-12-33-35(21-30)50-34-20-28(42)7-10-32(34)37(33)31-11-8-29(15-23(31)2)48-14-13-39-38(44)25-17-26(40-45)19-27(18-25)41(46)47/h3-12,15,17-21H,13-14,16H2,1-2H3,(H,39,44). The van der Waals surface area contributed by atoms with Gasteiger partial charge in [-0.05, 0) is 78.2 Å². The van der Waals surface area contributed by atoms with E-state index >= 15 is 0 Å². The van der Waals surface area contributed by atoms with E-state index in [4.69, 9.17) is 13.9 Å². The maximum absolute atomic E-state index is 12.7. The largest absolute Gasteiger partial charge is 0.492 e. The molecule has 6 rings (SSSR count). The predicted molar refractivity (Wildman–Crippen MR) is 186 cm³/mol. The molecular weight excluding hydrogens is 642 g/mol. The molecular formula is C38H29N3O9. The Labute approximate surface area is 284 Å². The van der Waals surface area contributed by atoms with Gasteiger partial charge >= 0.3 is 5.97 Å². The quantitative estimate of drug-likeness (QED) is 0.0280. The van der Waals surface area contributed by atoms with Crippen LogP contribution in [0.4, 0.5) is 11.4 Å². The highest BCUT2D eigenvalue weighted by atomic mass is 16.6. The van der Waals surface area contributed by atoms with Crippen molar-refractivity contribution >= 4 is 34.2 Å². The lowest BCUT2D eigenvalue weighted by atomic mass is 9.91. The summed E-state index contributed by atoms with van der Waals surface area (Å²) in [7, 11) is 0. The SMILES string of the molecule is Cc1ccc(CC(=O)Oc2ccc3c(-c4ccc(OCCNC(=O)c5cc(N=O)cc([N+](=O)[O-])c5)cc4C)c4ccc(=O)cc-4oc3c2)cc1. The summed E-state index contributed by atoms with van der Waals surface area (Å²) in [5.74, 6) is 0.171. The summed E-state index contributed by atoms with van der Waals surface area (Å²) in [6, 6.07) is 26.1. The van der Waals surface area contributed by atoms with Crippen molar-refractivity contribution in [2.45, 2.75) is 20.3 Å². The van der Waals surface area contributed by atoms with Gasteiger partial charge < -0.3 is 19.2 Å². The van der Waals surface area contributed by atoms with Gasteiger partial charge in [0.2, 0.25) is 0 Å². The average molecular weight is 672 g/mol. The minimum absolute atomic E-state index is 0.0697. The third-order valence-electron chi connectivity index (χ3n) is 7.97. The average Bonchev–Trinajstić information content (AvgIpc) is 3.10. The molecule has 1 heterocycles. The van der Waals surface area contributed by atoms with E-state index in [1.807, 2.05) is 56.3 Å². The maximum atomic E-state index is 12.7. The highest BCUT2D eigenvalue weighted by Crippen LogP contribution is 2.42. The number of amides is 1. The number of fused-ring (bicyclic) bond motifs is 2. The first-order valence-corrected chi connectivity index (χ1v) is 15.5.